The fourth-order valence-electron chi connectivity index (χ4n) is 0.789. The summed E-state index contributed by atoms with van der Waals surface area (Å²) >= 11 is 0. The molecule has 0 aliphatic rings. The van der Waals surface area contributed by atoms with Gasteiger partial charge in [0.15, 0.2) is 0 Å². The Hall–Kier alpha value is -1.27. The molecule has 0 spiro atoms. The molecule has 0 amide bonds. The van der Waals surface area contributed by atoms with Crippen LogP contribution in [0.25, 0.3) is 0 Å². The highest BCUT2D eigenvalue weighted by Crippen LogP contribution is 1.82. The summed E-state index contributed by atoms with van der Waals surface area (Å²) in [5.41, 5.74) is 0. The average molecular weight is 410 g/mol. The van der Waals surface area contributed by atoms with Gasteiger partial charge < -0.3 is 4.55 Å². The molecular formula is C6H13F3N2O9S3. The summed E-state index contributed by atoms with van der Waals surface area (Å²) in [6.45, 7) is 2.13. The molecule has 140 valence electrons. The van der Waals surface area contributed by atoms with Crippen LogP contribution in [0.5, 0.6) is 0 Å². The van der Waals surface area contributed by atoms with Crippen molar-refractivity contribution in [1.29, 1.82) is 0 Å². The van der Waals surface area contributed by atoms with Gasteiger partial charge in [-0.15, -0.1) is 3.89 Å². The van der Waals surface area contributed by atoms with Gasteiger partial charge in [-0.3, -0.25) is 9.11 Å². The lowest BCUT2D eigenvalue weighted by Crippen LogP contribution is -2.29. The SMILES string of the molecule is CCc1[nH]cc[n+]1C.O=S(=O)(O)F.O=S(=O)(O)F.O=S(=O)([O-])F. The molecule has 0 aliphatic heterocycles. The van der Waals surface area contributed by atoms with Gasteiger partial charge in [0.2, 0.25) is 0 Å². The molecule has 1 rings (SSSR count). The molecule has 0 saturated heterocycles. The fraction of sp³-hybridized carbons (Fsp3) is 0.500. The van der Waals surface area contributed by atoms with E-state index in [1.807, 2.05) is 19.4 Å². The van der Waals surface area contributed by atoms with Crippen LogP contribution in [0.2, 0.25) is 0 Å². The van der Waals surface area contributed by atoms with Gasteiger partial charge in [0, 0.05) is 6.42 Å². The zero-order valence-electron chi connectivity index (χ0n) is 11.4. The lowest BCUT2D eigenvalue weighted by Gasteiger charge is -1.84. The van der Waals surface area contributed by atoms with Gasteiger partial charge >= 0.3 is 21.0 Å². The first-order valence-electron chi connectivity index (χ1n) is 4.86. The second-order valence-corrected chi connectivity index (χ2v) is 5.52. The summed E-state index contributed by atoms with van der Waals surface area (Å²) in [6, 6.07) is 0. The molecule has 0 aromatic carbocycles. The maximum absolute atomic E-state index is 10.2. The molecule has 0 bridgehead atoms. The molecule has 0 radical (unpaired) electrons. The molecule has 23 heavy (non-hydrogen) atoms. The van der Waals surface area contributed by atoms with E-state index in [-0.39, 0.29) is 0 Å². The Bertz CT molecular complexity index is 646. The molecule has 11 nitrogen and oxygen atoms in total. The minimum Gasteiger partial charge on any atom is -0.722 e. The van der Waals surface area contributed by atoms with E-state index < -0.39 is 31.5 Å². The molecule has 0 atom stereocenters. The number of H-pyrrole nitrogens is 1. The van der Waals surface area contributed by atoms with E-state index in [4.69, 9.17) is 38.9 Å². The third-order valence-corrected chi connectivity index (χ3v) is 1.31. The van der Waals surface area contributed by atoms with Crippen molar-refractivity contribution in [2.24, 2.45) is 7.05 Å². The highest BCUT2D eigenvalue weighted by molar-refractivity contribution is 7.80. The van der Waals surface area contributed by atoms with Crippen LogP contribution in [-0.4, -0.2) is 43.9 Å². The molecule has 1 heterocycles. The highest BCUT2D eigenvalue weighted by Gasteiger charge is 1.99. The first-order chi connectivity index (χ1) is 9.84. The lowest BCUT2D eigenvalue weighted by atomic mass is 10.5. The van der Waals surface area contributed by atoms with E-state index in [0.717, 1.165) is 6.42 Å². The van der Waals surface area contributed by atoms with Crippen molar-refractivity contribution < 1.29 is 55.1 Å². The molecule has 0 saturated carbocycles. The van der Waals surface area contributed by atoms with Gasteiger partial charge in [-0.05, 0) is 0 Å². The van der Waals surface area contributed by atoms with Crippen molar-refractivity contribution in [2.45, 2.75) is 13.3 Å². The number of nitrogens with one attached hydrogen (secondary N) is 1. The summed E-state index contributed by atoms with van der Waals surface area (Å²) < 4.78 is 106. The number of aromatic nitrogens is 2. The van der Waals surface area contributed by atoms with Crippen LogP contribution in [0, 0.1) is 0 Å². The van der Waals surface area contributed by atoms with Crippen LogP contribution in [0.4, 0.5) is 11.7 Å². The van der Waals surface area contributed by atoms with E-state index in [9.17, 15) is 11.7 Å². The van der Waals surface area contributed by atoms with E-state index >= 15 is 0 Å². The van der Waals surface area contributed by atoms with Crippen molar-refractivity contribution in [3.63, 3.8) is 0 Å². The zero-order chi connectivity index (χ0) is 19.5. The van der Waals surface area contributed by atoms with Crippen molar-refractivity contribution in [3.05, 3.63) is 18.2 Å². The summed E-state index contributed by atoms with van der Waals surface area (Å²) in [4.78, 5) is 3.12. The number of halogens is 3. The number of imidazole rings is 1. The van der Waals surface area contributed by atoms with Gasteiger partial charge in [0.05, 0.1) is 7.05 Å². The third-order valence-electron chi connectivity index (χ3n) is 1.31. The molecule has 1 aromatic heterocycles. The monoisotopic (exact) mass is 410 g/mol. The molecule has 0 fully saturated rings. The summed E-state index contributed by atoms with van der Waals surface area (Å²) in [5, 5.41) is 0. The van der Waals surface area contributed by atoms with Crippen molar-refractivity contribution >= 4 is 31.5 Å². The smallest absolute Gasteiger partial charge is 0.435 e. The van der Waals surface area contributed by atoms with Crippen LogP contribution in [0.3, 0.4) is 0 Å². The Morgan fingerprint density at radius 1 is 1.09 bits per heavy atom. The third kappa shape index (κ3) is 63.2. The van der Waals surface area contributed by atoms with Crippen molar-refractivity contribution in [3.8, 4) is 0 Å². The van der Waals surface area contributed by atoms with E-state index in [1.165, 1.54) is 5.82 Å². The number of nitrogens with zero attached hydrogens (tertiary/aromatic N) is 1. The van der Waals surface area contributed by atoms with E-state index in [1.54, 1.807) is 0 Å². The second-order valence-electron chi connectivity index (χ2n) is 3.09. The molecule has 17 heteroatoms. The van der Waals surface area contributed by atoms with Gasteiger partial charge in [0.25, 0.3) is 16.3 Å². The Balaban J connectivity index is -0.000000240. The largest absolute Gasteiger partial charge is 0.722 e. The Labute approximate surface area is 130 Å². The van der Waals surface area contributed by atoms with Crippen molar-refractivity contribution in [1.82, 2.24) is 4.98 Å². The minimum atomic E-state index is -5.42. The first-order valence-corrected chi connectivity index (χ1v) is 8.85. The van der Waals surface area contributed by atoms with Gasteiger partial charge in [0.1, 0.15) is 12.4 Å². The Morgan fingerprint density at radius 2 is 1.35 bits per heavy atom. The molecule has 1 aromatic rings. The summed E-state index contributed by atoms with van der Waals surface area (Å²) in [6.07, 6.45) is 5.03. The predicted molar refractivity (Wildman–Crippen MR) is 67.5 cm³/mol. The fourth-order valence-corrected chi connectivity index (χ4v) is 0.789. The maximum atomic E-state index is 10.2. The molecule has 0 aliphatic carbocycles. The number of rotatable bonds is 1. The lowest BCUT2D eigenvalue weighted by molar-refractivity contribution is -0.677. The van der Waals surface area contributed by atoms with Crippen LogP contribution >= 0.6 is 0 Å². The summed E-state index contributed by atoms with van der Waals surface area (Å²) in [5.74, 6) is 1.27. The molecular weight excluding hydrogens is 397 g/mol. The van der Waals surface area contributed by atoms with Crippen molar-refractivity contribution in [2.75, 3.05) is 0 Å². The standard InChI is InChI=1S/C6H10N2.3FHO3S/c1-3-6-7-4-5-8(6)2;3*1-5(2,3)4/h4-5H,3H2,1-2H3;3*(H,2,3,4). The number of aromatic amines is 1. The summed E-state index contributed by atoms with van der Waals surface area (Å²) in [7, 11) is -13.7. The van der Waals surface area contributed by atoms with Gasteiger partial charge in [-0.2, -0.15) is 16.8 Å². The van der Waals surface area contributed by atoms with Crippen LogP contribution < -0.4 is 4.57 Å². The van der Waals surface area contributed by atoms with E-state index in [2.05, 4.69) is 16.5 Å². The van der Waals surface area contributed by atoms with Crippen LogP contribution in [0.1, 0.15) is 12.7 Å². The van der Waals surface area contributed by atoms with Crippen LogP contribution in [0.15, 0.2) is 12.4 Å². The molecule has 3 N–H and O–H groups in total. The minimum absolute atomic E-state index is 1.07. The number of hydrogen-bond acceptors (Lipinski definition) is 7. The topological polar surface area (TPSA) is 186 Å². The van der Waals surface area contributed by atoms with Gasteiger partial charge in [-0.25, -0.2) is 18.0 Å². The second kappa shape index (κ2) is 11.3. The maximum Gasteiger partial charge on any atom is 0.435 e. The first kappa shape index (κ1) is 26.6. The number of aryl methyl sites for hydroxylation is 2. The number of hydrogen-bond donors (Lipinski definition) is 3. The normalized spacial score (nSPS) is 11.0. The predicted octanol–water partition coefficient (Wildman–Crippen LogP) is -0.665. The highest BCUT2D eigenvalue weighted by atomic mass is 32.3. The van der Waals surface area contributed by atoms with Gasteiger partial charge in [-0.1, -0.05) is 14.7 Å². The zero-order valence-corrected chi connectivity index (χ0v) is 13.9. The molecule has 0 unspecified atom stereocenters. The van der Waals surface area contributed by atoms with E-state index in [0.29, 0.717) is 0 Å². The average Bonchev–Trinajstić information content (AvgIpc) is 2.55. The van der Waals surface area contributed by atoms with Crippen LogP contribution in [-0.2, 0) is 45.0 Å². The quantitative estimate of drug-likeness (QED) is 0.307. The Kier molecular flexibility index (Phi) is 13.1. The Morgan fingerprint density at radius 3 is 1.43 bits per heavy atom.